The van der Waals surface area contributed by atoms with E-state index in [0.717, 1.165) is 12.1 Å². The second-order valence-electron chi connectivity index (χ2n) is 3.98. The average molecular weight is 303 g/mol. The van der Waals surface area contributed by atoms with Crippen LogP contribution < -0.4 is 5.43 Å². The zero-order valence-electron chi connectivity index (χ0n) is 10.3. The molecule has 0 saturated carbocycles. The molecule has 7 heteroatoms. The predicted octanol–water partition coefficient (Wildman–Crippen LogP) is 4.79. The third kappa shape index (κ3) is 3.33. The summed E-state index contributed by atoms with van der Waals surface area (Å²) in [5.41, 5.74) is 2.28. The van der Waals surface area contributed by atoms with Crippen molar-refractivity contribution in [2.45, 2.75) is 13.1 Å². The highest BCUT2D eigenvalue weighted by atomic mass is 35.5. The van der Waals surface area contributed by atoms with Crippen LogP contribution in [0.4, 0.5) is 18.9 Å². The van der Waals surface area contributed by atoms with E-state index < -0.39 is 11.7 Å². The Hall–Kier alpha value is -1.95. The van der Waals surface area contributed by atoms with Gasteiger partial charge in [0.2, 0.25) is 0 Å². The van der Waals surface area contributed by atoms with Crippen LogP contribution in [-0.4, -0.2) is 5.71 Å². The van der Waals surface area contributed by atoms with Crippen molar-refractivity contribution in [2.75, 3.05) is 5.43 Å². The number of furan rings is 1. The maximum absolute atomic E-state index is 12.6. The molecule has 0 amide bonds. The first kappa shape index (κ1) is 14.5. The summed E-state index contributed by atoms with van der Waals surface area (Å²) in [6, 6.07) is 6.36. The molecule has 1 heterocycles. The fourth-order valence-corrected chi connectivity index (χ4v) is 1.63. The van der Waals surface area contributed by atoms with Crippen LogP contribution in [0.3, 0.4) is 0 Å². The molecule has 0 aliphatic rings. The predicted molar refractivity (Wildman–Crippen MR) is 71.0 cm³/mol. The highest BCUT2D eigenvalue weighted by Gasteiger charge is 2.30. The lowest BCUT2D eigenvalue weighted by atomic mass is 10.2. The Kier molecular flexibility index (Phi) is 4.04. The first-order chi connectivity index (χ1) is 9.38. The van der Waals surface area contributed by atoms with Gasteiger partial charge in [-0.1, -0.05) is 11.6 Å². The summed E-state index contributed by atoms with van der Waals surface area (Å²) >= 11 is 5.83. The number of nitrogens with zero attached hydrogens (tertiary/aromatic N) is 1. The minimum atomic E-state index is -4.43. The van der Waals surface area contributed by atoms with Crippen LogP contribution in [0.15, 0.2) is 46.1 Å². The van der Waals surface area contributed by atoms with Gasteiger partial charge in [-0.05, 0) is 37.3 Å². The molecule has 1 aromatic carbocycles. The molecule has 3 nitrogen and oxygen atoms in total. The van der Waals surface area contributed by atoms with Gasteiger partial charge in [0, 0.05) is 0 Å². The summed E-state index contributed by atoms with van der Waals surface area (Å²) in [6.45, 7) is 1.66. The van der Waals surface area contributed by atoms with Crippen molar-refractivity contribution in [3.63, 3.8) is 0 Å². The van der Waals surface area contributed by atoms with Gasteiger partial charge in [0.05, 0.1) is 22.5 Å². The molecule has 0 saturated heterocycles. The summed E-state index contributed by atoms with van der Waals surface area (Å²) in [7, 11) is 0. The van der Waals surface area contributed by atoms with Gasteiger partial charge in [0.1, 0.15) is 11.5 Å². The van der Waals surface area contributed by atoms with Gasteiger partial charge in [-0.3, -0.25) is 5.43 Å². The normalized spacial score (nSPS) is 12.6. The first-order valence-electron chi connectivity index (χ1n) is 5.59. The summed E-state index contributed by atoms with van der Waals surface area (Å²) in [5, 5.41) is 4.09. The van der Waals surface area contributed by atoms with E-state index in [1.807, 2.05) is 0 Å². The average Bonchev–Trinajstić information content (AvgIpc) is 2.90. The van der Waals surface area contributed by atoms with E-state index in [-0.39, 0.29) is 10.7 Å². The highest BCUT2D eigenvalue weighted by Crippen LogP contribution is 2.33. The first-order valence-corrected chi connectivity index (χ1v) is 5.96. The lowest BCUT2D eigenvalue weighted by molar-refractivity contribution is -0.137. The molecule has 0 fully saturated rings. The fraction of sp³-hybridized carbons (Fsp3) is 0.154. The summed E-state index contributed by atoms with van der Waals surface area (Å²) in [4.78, 5) is 0. The lowest BCUT2D eigenvalue weighted by Gasteiger charge is -2.10. The molecule has 2 rings (SSSR count). The minimum absolute atomic E-state index is 0.0763. The van der Waals surface area contributed by atoms with Crippen LogP contribution in [0.5, 0.6) is 0 Å². The molecule has 0 radical (unpaired) electrons. The van der Waals surface area contributed by atoms with E-state index >= 15 is 0 Å². The van der Waals surface area contributed by atoms with Crippen LogP contribution in [0.1, 0.15) is 18.2 Å². The van der Waals surface area contributed by atoms with Gasteiger partial charge >= 0.3 is 6.18 Å². The summed E-state index contributed by atoms with van der Waals surface area (Å²) in [5.74, 6) is 0.514. The van der Waals surface area contributed by atoms with Crippen LogP contribution in [0.25, 0.3) is 0 Å². The molecule has 0 bridgehead atoms. The maximum Gasteiger partial charge on any atom is 0.416 e. The van der Waals surface area contributed by atoms with E-state index in [9.17, 15) is 13.2 Å². The molecule has 0 aliphatic heterocycles. The van der Waals surface area contributed by atoms with Crippen molar-refractivity contribution in [3.8, 4) is 0 Å². The number of alkyl halides is 3. The highest BCUT2D eigenvalue weighted by molar-refractivity contribution is 6.33. The van der Waals surface area contributed by atoms with Crippen molar-refractivity contribution in [1.29, 1.82) is 0 Å². The zero-order valence-corrected chi connectivity index (χ0v) is 11.1. The molecule has 0 atom stereocenters. The second kappa shape index (κ2) is 5.58. The minimum Gasteiger partial charge on any atom is -0.463 e. The van der Waals surface area contributed by atoms with Crippen LogP contribution in [-0.2, 0) is 6.18 Å². The Balaban J connectivity index is 2.23. The zero-order chi connectivity index (χ0) is 14.8. The van der Waals surface area contributed by atoms with Crippen molar-refractivity contribution < 1.29 is 17.6 Å². The molecule has 0 aliphatic carbocycles. The van der Waals surface area contributed by atoms with E-state index in [1.54, 1.807) is 19.1 Å². The number of hydrogen-bond donors (Lipinski definition) is 1. The Morgan fingerprint density at radius 2 is 2.05 bits per heavy atom. The van der Waals surface area contributed by atoms with E-state index in [0.29, 0.717) is 11.5 Å². The standard InChI is InChI=1S/C13H10ClF3N2O/c1-8(12-3-2-6-20-12)18-19-11-7-9(13(15,16)17)4-5-10(11)14/h2-7,19H,1H3/b18-8+. The molecule has 2 aromatic rings. The monoisotopic (exact) mass is 302 g/mol. The summed E-state index contributed by atoms with van der Waals surface area (Å²) < 4.78 is 42.9. The Labute approximate surface area is 118 Å². The molecule has 20 heavy (non-hydrogen) atoms. The molecule has 0 spiro atoms. The van der Waals surface area contributed by atoms with Crippen LogP contribution in [0.2, 0.25) is 5.02 Å². The summed E-state index contributed by atoms with van der Waals surface area (Å²) in [6.07, 6.45) is -2.95. The van der Waals surface area contributed by atoms with E-state index in [1.165, 1.54) is 12.3 Å². The smallest absolute Gasteiger partial charge is 0.416 e. The molecule has 0 unspecified atom stereocenters. The molecule has 106 valence electrons. The third-order valence-corrected chi connectivity index (χ3v) is 2.85. The molecule has 1 N–H and O–H groups in total. The number of halogens is 4. The van der Waals surface area contributed by atoms with Gasteiger partial charge in [-0.2, -0.15) is 18.3 Å². The van der Waals surface area contributed by atoms with Crippen LogP contribution >= 0.6 is 11.6 Å². The Bertz CT molecular complexity index is 621. The second-order valence-corrected chi connectivity index (χ2v) is 4.39. The SMILES string of the molecule is C/C(=N\Nc1cc(C(F)(F)F)ccc1Cl)c1ccco1. The Morgan fingerprint density at radius 1 is 1.30 bits per heavy atom. The quantitative estimate of drug-likeness (QED) is 0.654. The van der Waals surface area contributed by atoms with E-state index in [2.05, 4.69) is 10.5 Å². The number of hydrogen-bond acceptors (Lipinski definition) is 3. The van der Waals surface area contributed by atoms with Crippen molar-refractivity contribution in [3.05, 3.63) is 52.9 Å². The number of anilines is 1. The van der Waals surface area contributed by atoms with Gasteiger partial charge in [-0.25, -0.2) is 0 Å². The number of benzene rings is 1. The number of hydrazone groups is 1. The molecule has 1 aromatic heterocycles. The Morgan fingerprint density at radius 3 is 2.65 bits per heavy atom. The van der Waals surface area contributed by atoms with Crippen molar-refractivity contribution in [1.82, 2.24) is 0 Å². The number of rotatable bonds is 3. The van der Waals surface area contributed by atoms with Crippen molar-refractivity contribution >= 4 is 23.0 Å². The number of nitrogens with one attached hydrogen (secondary N) is 1. The third-order valence-electron chi connectivity index (χ3n) is 2.52. The van der Waals surface area contributed by atoms with E-state index in [4.69, 9.17) is 16.0 Å². The largest absolute Gasteiger partial charge is 0.463 e. The lowest BCUT2D eigenvalue weighted by Crippen LogP contribution is -2.06. The van der Waals surface area contributed by atoms with Crippen molar-refractivity contribution in [2.24, 2.45) is 5.10 Å². The topological polar surface area (TPSA) is 37.5 Å². The molecular formula is C13H10ClF3N2O. The van der Waals surface area contributed by atoms with Gasteiger partial charge in [0.15, 0.2) is 0 Å². The van der Waals surface area contributed by atoms with Gasteiger partial charge in [0.25, 0.3) is 0 Å². The maximum atomic E-state index is 12.6. The molecular weight excluding hydrogens is 293 g/mol. The van der Waals surface area contributed by atoms with Gasteiger partial charge in [-0.15, -0.1) is 0 Å². The van der Waals surface area contributed by atoms with Gasteiger partial charge < -0.3 is 4.42 Å². The van der Waals surface area contributed by atoms with Crippen LogP contribution in [0, 0.1) is 0 Å². The fourth-order valence-electron chi connectivity index (χ4n) is 1.47.